The number of carbonyl (C=O) groups is 2. The van der Waals surface area contributed by atoms with Crippen LogP contribution in [0.4, 0.5) is 0 Å². The molecular formula is C13H12O2S. The second kappa shape index (κ2) is 4.26. The van der Waals surface area contributed by atoms with Gasteiger partial charge in [0, 0.05) is 16.7 Å². The molecule has 2 nitrogen and oxygen atoms in total. The molecule has 0 bridgehead atoms. The van der Waals surface area contributed by atoms with Gasteiger partial charge in [-0.3, -0.25) is 9.59 Å². The highest BCUT2D eigenvalue weighted by molar-refractivity contribution is 8.04. The minimum absolute atomic E-state index is 0.0143. The lowest BCUT2D eigenvalue weighted by Gasteiger charge is -2.17. The second-order valence-corrected chi connectivity index (χ2v) is 4.87. The number of Topliss-reactive ketones (excluding diaryl/α,β-unsaturated/α-hetero) is 2. The number of allylic oxidation sites excluding steroid dienone is 2. The second-order valence-electron chi connectivity index (χ2n) is 3.59. The standard InChI is InChI=1S/C13H12O2S/c1-3-16-13-8(2)11(14)9-6-4-5-7-10(9)12(13)15/h4-7H,3H2,1-2H3. The zero-order valence-electron chi connectivity index (χ0n) is 9.24. The van der Waals surface area contributed by atoms with Crippen LogP contribution in [0.1, 0.15) is 34.6 Å². The summed E-state index contributed by atoms with van der Waals surface area (Å²) in [5.41, 5.74) is 1.65. The van der Waals surface area contributed by atoms with Crippen molar-refractivity contribution in [2.45, 2.75) is 13.8 Å². The van der Waals surface area contributed by atoms with Gasteiger partial charge in [-0.05, 0) is 12.7 Å². The van der Waals surface area contributed by atoms with Crippen molar-refractivity contribution < 1.29 is 9.59 Å². The predicted octanol–water partition coefficient (Wildman–Crippen LogP) is 3.09. The van der Waals surface area contributed by atoms with E-state index in [1.807, 2.05) is 6.92 Å². The molecule has 0 heterocycles. The fourth-order valence-electron chi connectivity index (χ4n) is 1.79. The first kappa shape index (κ1) is 11.1. The van der Waals surface area contributed by atoms with Crippen molar-refractivity contribution >= 4 is 23.3 Å². The summed E-state index contributed by atoms with van der Waals surface area (Å²) in [6.07, 6.45) is 0. The number of benzene rings is 1. The van der Waals surface area contributed by atoms with Crippen LogP contribution < -0.4 is 0 Å². The first-order chi connectivity index (χ1) is 7.66. The Bertz CT molecular complexity index is 500. The van der Waals surface area contributed by atoms with E-state index in [1.165, 1.54) is 11.8 Å². The van der Waals surface area contributed by atoms with E-state index < -0.39 is 0 Å². The van der Waals surface area contributed by atoms with E-state index in [9.17, 15) is 9.59 Å². The minimum Gasteiger partial charge on any atom is -0.289 e. The number of thioether (sulfide) groups is 1. The fourth-order valence-corrected chi connectivity index (χ4v) is 2.63. The van der Waals surface area contributed by atoms with Crippen molar-refractivity contribution in [1.82, 2.24) is 0 Å². The summed E-state index contributed by atoms with van der Waals surface area (Å²) < 4.78 is 0. The van der Waals surface area contributed by atoms with Gasteiger partial charge < -0.3 is 0 Å². The molecule has 0 spiro atoms. The third-order valence-electron chi connectivity index (χ3n) is 2.59. The van der Waals surface area contributed by atoms with Crippen LogP contribution in [0.3, 0.4) is 0 Å². The van der Waals surface area contributed by atoms with Crippen LogP contribution in [0.5, 0.6) is 0 Å². The Morgan fingerprint density at radius 1 is 1.06 bits per heavy atom. The Morgan fingerprint density at radius 2 is 1.62 bits per heavy atom. The highest BCUT2D eigenvalue weighted by Crippen LogP contribution is 2.32. The summed E-state index contributed by atoms with van der Waals surface area (Å²) in [6, 6.07) is 7.01. The Balaban J connectivity index is 2.58. The van der Waals surface area contributed by atoms with Gasteiger partial charge in [0.2, 0.25) is 0 Å². The van der Waals surface area contributed by atoms with Gasteiger partial charge in [-0.2, -0.15) is 0 Å². The molecule has 3 heteroatoms. The highest BCUT2D eigenvalue weighted by atomic mass is 32.2. The molecule has 1 aromatic carbocycles. The lowest BCUT2D eigenvalue weighted by molar-refractivity contribution is 0.0981. The van der Waals surface area contributed by atoms with Crippen LogP contribution in [0.2, 0.25) is 0 Å². The summed E-state index contributed by atoms with van der Waals surface area (Å²) >= 11 is 1.45. The molecular weight excluding hydrogens is 220 g/mol. The van der Waals surface area contributed by atoms with Gasteiger partial charge in [0.15, 0.2) is 11.6 Å². The molecule has 0 atom stereocenters. The predicted molar refractivity (Wildman–Crippen MR) is 65.9 cm³/mol. The Hall–Kier alpha value is -1.35. The third-order valence-corrected chi connectivity index (χ3v) is 3.66. The summed E-state index contributed by atoms with van der Waals surface area (Å²) in [7, 11) is 0. The Kier molecular flexibility index (Phi) is 2.97. The zero-order chi connectivity index (χ0) is 11.7. The lowest BCUT2D eigenvalue weighted by atomic mass is 9.90. The molecule has 0 amide bonds. The lowest BCUT2D eigenvalue weighted by Crippen LogP contribution is -2.19. The van der Waals surface area contributed by atoms with Crippen molar-refractivity contribution in [3.8, 4) is 0 Å². The normalized spacial score (nSPS) is 15.4. The van der Waals surface area contributed by atoms with E-state index >= 15 is 0 Å². The Labute approximate surface area is 98.7 Å². The van der Waals surface area contributed by atoms with Crippen LogP contribution in [-0.2, 0) is 0 Å². The van der Waals surface area contributed by atoms with Crippen molar-refractivity contribution in [2.75, 3.05) is 5.75 Å². The molecule has 0 saturated heterocycles. The highest BCUT2D eigenvalue weighted by Gasteiger charge is 2.29. The topological polar surface area (TPSA) is 34.1 Å². The maximum absolute atomic E-state index is 12.1. The van der Waals surface area contributed by atoms with Crippen LogP contribution in [0.25, 0.3) is 0 Å². The van der Waals surface area contributed by atoms with Crippen molar-refractivity contribution in [2.24, 2.45) is 0 Å². The molecule has 0 N–H and O–H groups in total. The maximum atomic E-state index is 12.1. The molecule has 0 aliphatic heterocycles. The number of hydrogen-bond acceptors (Lipinski definition) is 3. The summed E-state index contributed by atoms with van der Waals surface area (Å²) in [6.45, 7) is 3.71. The molecule has 0 aromatic heterocycles. The third kappa shape index (κ3) is 1.61. The van der Waals surface area contributed by atoms with Crippen LogP contribution in [-0.4, -0.2) is 17.3 Å². The molecule has 16 heavy (non-hydrogen) atoms. The molecule has 0 unspecified atom stereocenters. The minimum atomic E-state index is -0.0221. The largest absolute Gasteiger partial charge is 0.289 e. The van der Waals surface area contributed by atoms with Gasteiger partial charge in [0.1, 0.15) is 0 Å². The van der Waals surface area contributed by atoms with Crippen LogP contribution in [0.15, 0.2) is 34.7 Å². The average Bonchev–Trinajstić information content (AvgIpc) is 2.32. The van der Waals surface area contributed by atoms with Crippen LogP contribution >= 0.6 is 11.8 Å². The first-order valence-corrected chi connectivity index (χ1v) is 6.17. The zero-order valence-corrected chi connectivity index (χ0v) is 10.1. The fraction of sp³-hybridized carbons (Fsp3) is 0.231. The summed E-state index contributed by atoms with van der Waals surface area (Å²) in [4.78, 5) is 24.8. The van der Waals surface area contributed by atoms with E-state index in [0.29, 0.717) is 21.6 Å². The van der Waals surface area contributed by atoms with Gasteiger partial charge >= 0.3 is 0 Å². The molecule has 0 fully saturated rings. The van der Waals surface area contributed by atoms with E-state index in [2.05, 4.69) is 0 Å². The summed E-state index contributed by atoms with van der Waals surface area (Å²) in [5.74, 6) is 0.763. The van der Waals surface area contributed by atoms with Crippen molar-refractivity contribution in [1.29, 1.82) is 0 Å². The van der Waals surface area contributed by atoms with E-state index in [-0.39, 0.29) is 11.6 Å². The Morgan fingerprint density at radius 3 is 2.19 bits per heavy atom. The number of ketones is 2. The van der Waals surface area contributed by atoms with Gasteiger partial charge in [-0.1, -0.05) is 31.2 Å². The van der Waals surface area contributed by atoms with Gasteiger partial charge in [-0.15, -0.1) is 11.8 Å². The molecule has 82 valence electrons. The molecule has 1 aliphatic rings. The van der Waals surface area contributed by atoms with Gasteiger partial charge in [-0.25, -0.2) is 0 Å². The average molecular weight is 232 g/mol. The van der Waals surface area contributed by atoms with Gasteiger partial charge in [0.25, 0.3) is 0 Å². The molecule has 2 rings (SSSR count). The molecule has 0 saturated carbocycles. The van der Waals surface area contributed by atoms with Crippen molar-refractivity contribution in [3.05, 3.63) is 45.9 Å². The van der Waals surface area contributed by atoms with E-state index in [4.69, 9.17) is 0 Å². The molecule has 1 aliphatic carbocycles. The number of rotatable bonds is 2. The smallest absolute Gasteiger partial charge is 0.200 e. The first-order valence-electron chi connectivity index (χ1n) is 5.19. The number of fused-ring (bicyclic) bond motifs is 1. The van der Waals surface area contributed by atoms with Gasteiger partial charge in [0.05, 0.1) is 4.91 Å². The van der Waals surface area contributed by atoms with E-state index in [0.717, 1.165) is 5.75 Å². The van der Waals surface area contributed by atoms with Crippen molar-refractivity contribution in [3.63, 3.8) is 0 Å². The molecule has 1 aromatic rings. The maximum Gasteiger partial charge on any atom is 0.200 e. The molecule has 0 radical (unpaired) electrons. The van der Waals surface area contributed by atoms with E-state index in [1.54, 1.807) is 31.2 Å². The monoisotopic (exact) mass is 232 g/mol. The number of carbonyl (C=O) groups excluding carboxylic acids is 2. The summed E-state index contributed by atoms with van der Waals surface area (Å²) in [5, 5.41) is 0. The number of hydrogen-bond donors (Lipinski definition) is 0. The quantitative estimate of drug-likeness (QED) is 0.785. The van der Waals surface area contributed by atoms with Crippen LogP contribution in [0, 0.1) is 0 Å². The SMILES string of the molecule is CCSC1=C(C)C(=O)c2ccccc2C1=O.